The number of amides is 1. The van der Waals surface area contributed by atoms with Gasteiger partial charge < -0.3 is 10.1 Å². The minimum absolute atomic E-state index is 0.0872. The largest absolute Gasteiger partial charge is 0.480 e. The number of aryl methyl sites for hydroxylation is 1. The predicted octanol–water partition coefficient (Wildman–Crippen LogP) is 2.93. The van der Waals surface area contributed by atoms with Crippen LogP contribution in [-0.2, 0) is 12.7 Å². The van der Waals surface area contributed by atoms with Crippen molar-refractivity contribution in [2.45, 2.75) is 19.6 Å². The highest BCUT2D eigenvalue weighted by molar-refractivity contribution is 5.95. The first kappa shape index (κ1) is 19.3. The summed E-state index contributed by atoms with van der Waals surface area (Å²) in [5, 5.41) is 13.5. The van der Waals surface area contributed by atoms with E-state index in [1.807, 2.05) is 19.1 Å². The van der Waals surface area contributed by atoms with Gasteiger partial charge in [-0.25, -0.2) is 4.68 Å². The van der Waals surface area contributed by atoms with E-state index in [1.165, 1.54) is 19.2 Å². The molecule has 3 rings (SSSR count). The molecule has 28 heavy (non-hydrogen) atoms. The van der Waals surface area contributed by atoms with E-state index in [1.54, 1.807) is 12.1 Å². The van der Waals surface area contributed by atoms with Crippen LogP contribution in [-0.4, -0.2) is 33.0 Å². The molecule has 0 fully saturated rings. The first-order valence-electron chi connectivity index (χ1n) is 8.16. The second-order valence-electron chi connectivity index (χ2n) is 5.92. The molecule has 0 saturated carbocycles. The van der Waals surface area contributed by atoms with Gasteiger partial charge in [0.15, 0.2) is 11.5 Å². The molecule has 0 spiro atoms. The predicted molar refractivity (Wildman–Crippen MR) is 93.1 cm³/mol. The summed E-state index contributed by atoms with van der Waals surface area (Å²) in [4.78, 5) is 12.4. The number of halogens is 3. The van der Waals surface area contributed by atoms with Crippen LogP contribution in [0, 0.1) is 6.92 Å². The highest BCUT2D eigenvalue weighted by Crippen LogP contribution is 2.33. The summed E-state index contributed by atoms with van der Waals surface area (Å²) >= 11 is 0. The molecule has 0 unspecified atom stereocenters. The van der Waals surface area contributed by atoms with Crippen LogP contribution < -0.4 is 10.1 Å². The molecular formula is C18H16F3N5O2. The number of carbonyl (C=O) groups excluding carboxylic acids is 1. The number of nitrogens with one attached hydrogen (secondary N) is 1. The smallest absolute Gasteiger partial charge is 0.434 e. The number of alkyl halides is 3. The quantitative estimate of drug-likeness (QED) is 0.723. The van der Waals surface area contributed by atoms with Gasteiger partial charge in [0.2, 0.25) is 5.88 Å². The molecule has 0 bridgehead atoms. The van der Waals surface area contributed by atoms with Gasteiger partial charge in [0.25, 0.3) is 5.91 Å². The summed E-state index contributed by atoms with van der Waals surface area (Å²) in [6.07, 6.45) is -3.96. The molecule has 0 saturated heterocycles. The zero-order chi connectivity index (χ0) is 20.3. The van der Waals surface area contributed by atoms with Gasteiger partial charge in [-0.2, -0.15) is 18.3 Å². The summed E-state index contributed by atoms with van der Waals surface area (Å²) in [5.74, 6) is -0.938. The molecule has 1 N–H and O–H groups in total. The van der Waals surface area contributed by atoms with Gasteiger partial charge >= 0.3 is 6.18 Å². The molecule has 1 amide bonds. The molecule has 2 aromatic heterocycles. The Morgan fingerprint density at radius 1 is 1.14 bits per heavy atom. The van der Waals surface area contributed by atoms with Gasteiger partial charge in [0.05, 0.1) is 18.9 Å². The first-order chi connectivity index (χ1) is 13.3. The minimum Gasteiger partial charge on any atom is -0.480 e. The average molecular weight is 391 g/mol. The van der Waals surface area contributed by atoms with Crippen LogP contribution >= 0.6 is 0 Å². The number of nitrogens with zero attached hydrogens (tertiary/aromatic N) is 4. The number of methoxy groups -OCH3 is 1. The van der Waals surface area contributed by atoms with Crippen LogP contribution in [0.1, 0.15) is 27.2 Å². The second kappa shape index (κ2) is 7.67. The Hall–Kier alpha value is -3.43. The Morgan fingerprint density at radius 2 is 1.86 bits per heavy atom. The van der Waals surface area contributed by atoms with Crippen molar-refractivity contribution in [3.8, 4) is 11.7 Å². The fraction of sp³-hybridized carbons (Fsp3) is 0.222. The van der Waals surface area contributed by atoms with Gasteiger partial charge in [0.1, 0.15) is 0 Å². The van der Waals surface area contributed by atoms with Crippen LogP contribution in [0.3, 0.4) is 0 Å². The fourth-order valence-corrected chi connectivity index (χ4v) is 2.48. The van der Waals surface area contributed by atoms with Gasteiger partial charge in [-0.1, -0.05) is 29.8 Å². The number of hydrogen-bond acceptors (Lipinski definition) is 5. The first-order valence-corrected chi connectivity index (χ1v) is 8.16. The lowest BCUT2D eigenvalue weighted by Gasteiger charge is -2.12. The summed E-state index contributed by atoms with van der Waals surface area (Å²) in [7, 11) is 1.36. The molecule has 0 aliphatic carbocycles. The SMILES string of the molecule is COc1ccc(-n2ncc(C(=O)NCc3ccc(C)cc3)c2C(F)(F)F)nn1. The molecule has 0 aliphatic heterocycles. The summed E-state index contributed by atoms with van der Waals surface area (Å²) in [5.41, 5.74) is -0.0252. The minimum atomic E-state index is -4.82. The van der Waals surface area contributed by atoms with E-state index in [2.05, 4.69) is 20.6 Å². The summed E-state index contributed by atoms with van der Waals surface area (Å²) in [6.45, 7) is 2.00. The number of aromatic nitrogens is 4. The number of carbonyl (C=O) groups is 1. The Balaban J connectivity index is 1.88. The molecule has 3 aromatic rings. The Bertz CT molecular complexity index is 966. The summed E-state index contributed by atoms with van der Waals surface area (Å²) in [6, 6.07) is 9.89. The Morgan fingerprint density at radius 3 is 2.43 bits per heavy atom. The van der Waals surface area contributed by atoms with E-state index in [9.17, 15) is 18.0 Å². The van der Waals surface area contributed by atoms with Crippen LogP contribution in [0.15, 0.2) is 42.6 Å². The number of rotatable bonds is 5. The van der Waals surface area contributed by atoms with Crippen molar-refractivity contribution in [3.63, 3.8) is 0 Å². The zero-order valence-electron chi connectivity index (χ0n) is 15.0. The van der Waals surface area contributed by atoms with E-state index in [0.29, 0.717) is 4.68 Å². The summed E-state index contributed by atoms with van der Waals surface area (Å²) < 4.78 is 46.3. The van der Waals surface area contributed by atoms with Crippen molar-refractivity contribution in [1.82, 2.24) is 25.3 Å². The lowest BCUT2D eigenvalue weighted by Crippen LogP contribution is -2.26. The van der Waals surface area contributed by atoms with Crippen molar-refractivity contribution in [3.05, 3.63) is 65.0 Å². The molecule has 146 valence electrons. The average Bonchev–Trinajstić information content (AvgIpc) is 3.13. The van der Waals surface area contributed by atoms with E-state index in [-0.39, 0.29) is 18.2 Å². The van der Waals surface area contributed by atoms with Gasteiger partial charge in [-0.05, 0) is 18.6 Å². The normalized spacial score (nSPS) is 11.3. The molecule has 1 aromatic carbocycles. The molecule has 10 heteroatoms. The fourth-order valence-electron chi connectivity index (χ4n) is 2.48. The number of ether oxygens (including phenoxy) is 1. The highest BCUT2D eigenvalue weighted by Gasteiger charge is 2.41. The van der Waals surface area contributed by atoms with Crippen LogP contribution in [0.4, 0.5) is 13.2 Å². The molecule has 7 nitrogen and oxygen atoms in total. The van der Waals surface area contributed by atoms with E-state index < -0.39 is 23.3 Å². The third-order valence-electron chi connectivity index (χ3n) is 3.91. The lowest BCUT2D eigenvalue weighted by atomic mass is 10.1. The maximum atomic E-state index is 13.6. The number of hydrogen-bond donors (Lipinski definition) is 1. The van der Waals surface area contributed by atoms with Crippen molar-refractivity contribution in [2.24, 2.45) is 0 Å². The molecular weight excluding hydrogens is 375 g/mol. The standard InChI is InChI=1S/C18H16F3N5O2/c1-11-3-5-12(6-4-11)9-22-17(27)13-10-23-26(16(13)18(19,20)21)14-7-8-15(28-2)25-24-14/h3-8,10H,9H2,1-2H3,(H,22,27). The monoisotopic (exact) mass is 391 g/mol. The van der Waals surface area contributed by atoms with Crippen molar-refractivity contribution in [2.75, 3.05) is 7.11 Å². The lowest BCUT2D eigenvalue weighted by molar-refractivity contribution is -0.143. The van der Waals surface area contributed by atoms with E-state index in [4.69, 9.17) is 4.74 Å². The topological polar surface area (TPSA) is 81.9 Å². The van der Waals surface area contributed by atoms with Crippen LogP contribution in [0.2, 0.25) is 0 Å². The van der Waals surface area contributed by atoms with E-state index >= 15 is 0 Å². The van der Waals surface area contributed by atoms with Crippen LogP contribution in [0.5, 0.6) is 5.88 Å². The molecule has 0 radical (unpaired) electrons. The molecule has 0 atom stereocenters. The Labute approximate surface area is 158 Å². The zero-order valence-corrected chi connectivity index (χ0v) is 15.0. The van der Waals surface area contributed by atoms with Gasteiger partial charge in [0, 0.05) is 12.6 Å². The van der Waals surface area contributed by atoms with E-state index in [0.717, 1.165) is 17.3 Å². The second-order valence-corrected chi connectivity index (χ2v) is 5.92. The van der Waals surface area contributed by atoms with Gasteiger partial charge in [-0.3, -0.25) is 4.79 Å². The third-order valence-corrected chi connectivity index (χ3v) is 3.91. The number of benzene rings is 1. The van der Waals surface area contributed by atoms with Crippen molar-refractivity contribution >= 4 is 5.91 Å². The van der Waals surface area contributed by atoms with Crippen molar-refractivity contribution < 1.29 is 22.7 Å². The third kappa shape index (κ3) is 4.11. The van der Waals surface area contributed by atoms with Gasteiger partial charge in [-0.15, -0.1) is 10.2 Å². The maximum absolute atomic E-state index is 13.6. The van der Waals surface area contributed by atoms with Crippen molar-refractivity contribution in [1.29, 1.82) is 0 Å². The highest BCUT2D eigenvalue weighted by atomic mass is 19.4. The van der Waals surface area contributed by atoms with Crippen LogP contribution in [0.25, 0.3) is 5.82 Å². The molecule has 0 aliphatic rings. The Kier molecular flexibility index (Phi) is 5.30. The maximum Gasteiger partial charge on any atom is 0.434 e. The molecule has 2 heterocycles.